The standard InChI is InChI=1S/C13H25NO/c15-13-7-10-14(11-8-13)9-3-6-12-4-1-2-5-12/h12-13,15H,1-11H2. The van der Waals surface area contributed by atoms with Crippen LogP contribution in [0.25, 0.3) is 0 Å². The minimum atomic E-state index is -0.0175. The molecule has 1 saturated carbocycles. The van der Waals surface area contributed by atoms with Gasteiger partial charge in [-0.1, -0.05) is 25.7 Å². The van der Waals surface area contributed by atoms with Crippen LogP contribution in [0, 0.1) is 5.92 Å². The smallest absolute Gasteiger partial charge is 0.0564 e. The van der Waals surface area contributed by atoms with Gasteiger partial charge in [0.15, 0.2) is 0 Å². The van der Waals surface area contributed by atoms with Crippen molar-refractivity contribution in [3.63, 3.8) is 0 Å². The van der Waals surface area contributed by atoms with Crippen molar-refractivity contribution in [2.45, 2.75) is 57.5 Å². The largest absolute Gasteiger partial charge is 0.393 e. The van der Waals surface area contributed by atoms with Gasteiger partial charge in [-0.15, -0.1) is 0 Å². The fourth-order valence-electron chi connectivity index (χ4n) is 3.05. The molecule has 15 heavy (non-hydrogen) atoms. The molecule has 2 rings (SSSR count). The molecular formula is C13H25NO. The van der Waals surface area contributed by atoms with Crippen LogP contribution in [0.3, 0.4) is 0 Å². The van der Waals surface area contributed by atoms with Crippen LogP contribution in [0.15, 0.2) is 0 Å². The van der Waals surface area contributed by atoms with E-state index in [0.29, 0.717) is 0 Å². The Kier molecular flexibility index (Phi) is 4.45. The molecule has 2 aliphatic rings. The van der Waals surface area contributed by atoms with E-state index in [9.17, 15) is 5.11 Å². The maximum atomic E-state index is 9.40. The van der Waals surface area contributed by atoms with Crippen molar-refractivity contribution in [2.24, 2.45) is 5.92 Å². The first-order chi connectivity index (χ1) is 7.34. The number of aliphatic hydroxyl groups excluding tert-OH is 1. The van der Waals surface area contributed by atoms with E-state index in [4.69, 9.17) is 0 Å². The molecule has 1 heterocycles. The SMILES string of the molecule is OC1CCN(CCCC2CCCC2)CC1. The van der Waals surface area contributed by atoms with Crippen LogP contribution in [-0.2, 0) is 0 Å². The van der Waals surface area contributed by atoms with Gasteiger partial charge in [0.05, 0.1) is 6.10 Å². The Hall–Kier alpha value is -0.0800. The van der Waals surface area contributed by atoms with E-state index >= 15 is 0 Å². The molecule has 1 aliphatic carbocycles. The Morgan fingerprint density at radius 3 is 2.33 bits per heavy atom. The molecule has 2 fully saturated rings. The van der Waals surface area contributed by atoms with E-state index in [1.54, 1.807) is 0 Å². The van der Waals surface area contributed by atoms with Crippen molar-refractivity contribution in [1.29, 1.82) is 0 Å². The molecule has 0 unspecified atom stereocenters. The number of nitrogens with zero attached hydrogens (tertiary/aromatic N) is 1. The highest BCUT2D eigenvalue weighted by molar-refractivity contribution is 4.72. The lowest BCUT2D eigenvalue weighted by atomic mass is 10.0. The second-order valence-electron chi connectivity index (χ2n) is 5.37. The molecule has 0 amide bonds. The molecule has 0 bridgehead atoms. The van der Waals surface area contributed by atoms with Crippen LogP contribution in [0.2, 0.25) is 0 Å². The van der Waals surface area contributed by atoms with Crippen LogP contribution in [0.4, 0.5) is 0 Å². The zero-order valence-electron chi connectivity index (χ0n) is 9.83. The summed E-state index contributed by atoms with van der Waals surface area (Å²) in [6.45, 7) is 3.50. The van der Waals surface area contributed by atoms with Crippen molar-refractivity contribution >= 4 is 0 Å². The first-order valence-electron chi connectivity index (χ1n) is 6.75. The monoisotopic (exact) mass is 211 g/mol. The Morgan fingerprint density at radius 2 is 1.67 bits per heavy atom. The molecule has 0 aromatic heterocycles. The van der Waals surface area contributed by atoms with Gasteiger partial charge in [-0.25, -0.2) is 0 Å². The fraction of sp³-hybridized carbons (Fsp3) is 1.00. The summed E-state index contributed by atoms with van der Waals surface area (Å²) in [4.78, 5) is 2.53. The third-order valence-corrected chi connectivity index (χ3v) is 4.12. The Labute approximate surface area is 93.7 Å². The molecular weight excluding hydrogens is 186 g/mol. The lowest BCUT2D eigenvalue weighted by Gasteiger charge is -2.29. The van der Waals surface area contributed by atoms with Crippen molar-refractivity contribution in [3.05, 3.63) is 0 Å². The van der Waals surface area contributed by atoms with Gasteiger partial charge >= 0.3 is 0 Å². The molecule has 1 N–H and O–H groups in total. The summed E-state index contributed by atoms with van der Waals surface area (Å²) >= 11 is 0. The van der Waals surface area contributed by atoms with Crippen molar-refractivity contribution in [3.8, 4) is 0 Å². The van der Waals surface area contributed by atoms with E-state index in [-0.39, 0.29) is 6.10 Å². The highest BCUT2D eigenvalue weighted by Crippen LogP contribution is 2.28. The molecule has 0 aromatic rings. The first-order valence-corrected chi connectivity index (χ1v) is 6.75. The molecule has 0 atom stereocenters. The van der Waals surface area contributed by atoms with E-state index in [2.05, 4.69) is 4.90 Å². The molecule has 88 valence electrons. The third kappa shape index (κ3) is 3.76. The van der Waals surface area contributed by atoms with Crippen LogP contribution in [0.1, 0.15) is 51.4 Å². The molecule has 1 saturated heterocycles. The number of aliphatic hydroxyl groups is 1. The van der Waals surface area contributed by atoms with E-state index < -0.39 is 0 Å². The summed E-state index contributed by atoms with van der Waals surface area (Å²) in [5.41, 5.74) is 0. The van der Waals surface area contributed by atoms with Crippen LogP contribution < -0.4 is 0 Å². The molecule has 0 radical (unpaired) electrons. The molecule has 2 heteroatoms. The minimum absolute atomic E-state index is 0.0175. The summed E-state index contributed by atoms with van der Waals surface area (Å²) in [5, 5.41) is 9.40. The summed E-state index contributed by atoms with van der Waals surface area (Å²) in [6.07, 6.45) is 10.7. The number of piperidine rings is 1. The normalized spacial score (nSPS) is 26.2. The topological polar surface area (TPSA) is 23.5 Å². The lowest BCUT2D eigenvalue weighted by molar-refractivity contribution is 0.0812. The van der Waals surface area contributed by atoms with E-state index in [0.717, 1.165) is 31.8 Å². The molecule has 1 aliphatic heterocycles. The van der Waals surface area contributed by atoms with Crippen molar-refractivity contribution < 1.29 is 5.11 Å². The number of hydrogen-bond donors (Lipinski definition) is 1. The summed E-state index contributed by atoms with van der Waals surface area (Å²) in [6, 6.07) is 0. The highest BCUT2D eigenvalue weighted by atomic mass is 16.3. The molecule has 0 aromatic carbocycles. The van der Waals surface area contributed by atoms with Gasteiger partial charge in [-0.2, -0.15) is 0 Å². The van der Waals surface area contributed by atoms with Gasteiger partial charge in [-0.05, 0) is 38.1 Å². The Bertz CT molecular complexity index is 169. The number of rotatable bonds is 4. The summed E-state index contributed by atoms with van der Waals surface area (Å²) in [5.74, 6) is 1.04. The lowest BCUT2D eigenvalue weighted by Crippen LogP contribution is -2.36. The quantitative estimate of drug-likeness (QED) is 0.772. The van der Waals surface area contributed by atoms with Gasteiger partial charge in [0.1, 0.15) is 0 Å². The summed E-state index contributed by atoms with van der Waals surface area (Å²) in [7, 11) is 0. The second kappa shape index (κ2) is 5.86. The average molecular weight is 211 g/mol. The van der Waals surface area contributed by atoms with Crippen LogP contribution in [-0.4, -0.2) is 35.7 Å². The van der Waals surface area contributed by atoms with Crippen molar-refractivity contribution in [2.75, 3.05) is 19.6 Å². The third-order valence-electron chi connectivity index (χ3n) is 4.12. The predicted molar refractivity (Wildman–Crippen MR) is 62.9 cm³/mol. The first kappa shape index (κ1) is 11.4. The van der Waals surface area contributed by atoms with Gasteiger partial charge in [0.2, 0.25) is 0 Å². The maximum absolute atomic E-state index is 9.40. The second-order valence-corrected chi connectivity index (χ2v) is 5.37. The van der Waals surface area contributed by atoms with Gasteiger partial charge in [0, 0.05) is 13.1 Å². The van der Waals surface area contributed by atoms with Gasteiger partial charge < -0.3 is 10.0 Å². The average Bonchev–Trinajstić information content (AvgIpc) is 2.74. The highest BCUT2D eigenvalue weighted by Gasteiger charge is 2.18. The van der Waals surface area contributed by atoms with Crippen molar-refractivity contribution in [1.82, 2.24) is 4.90 Å². The van der Waals surface area contributed by atoms with Gasteiger partial charge in [-0.3, -0.25) is 0 Å². The van der Waals surface area contributed by atoms with Gasteiger partial charge in [0.25, 0.3) is 0 Å². The summed E-state index contributed by atoms with van der Waals surface area (Å²) < 4.78 is 0. The van der Waals surface area contributed by atoms with E-state index in [1.807, 2.05) is 0 Å². The Morgan fingerprint density at radius 1 is 1.00 bits per heavy atom. The fourth-order valence-corrected chi connectivity index (χ4v) is 3.05. The zero-order chi connectivity index (χ0) is 10.5. The predicted octanol–water partition coefficient (Wildman–Crippen LogP) is 2.41. The molecule has 0 spiro atoms. The number of hydrogen-bond acceptors (Lipinski definition) is 2. The van der Waals surface area contributed by atoms with E-state index in [1.165, 1.54) is 45.1 Å². The maximum Gasteiger partial charge on any atom is 0.0564 e. The molecule has 2 nitrogen and oxygen atoms in total. The Balaban J connectivity index is 1.53. The van der Waals surface area contributed by atoms with Crippen LogP contribution in [0.5, 0.6) is 0 Å². The minimum Gasteiger partial charge on any atom is -0.393 e. The van der Waals surface area contributed by atoms with Crippen LogP contribution >= 0.6 is 0 Å². The zero-order valence-corrected chi connectivity index (χ0v) is 9.83. The number of likely N-dealkylation sites (tertiary alicyclic amines) is 1.